The van der Waals surface area contributed by atoms with Crippen LogP contribution in [0.15, 0.2) is 29.2 Å². The molecule has 0 spiro atoms. The lowest BCUT2D eigenvalue weighted by Crippen LogP contribution is -2.40. The first-order valence-electron chi connectivity index (χ1n) is 8.97. The van der Waals surface area contributed by atoms with Crippen LogP contribution >= 0.6 is 0 Å². The van der Waals surface area contributed by atoms with Gasteiger partial charge in [0.1, 0.15) is 5.82 Å². The van der Waals surface area contributed by atoms with Crippen LogP contribution in [-0.4, -0.2) is 38.3 Å². The largest absolute Gasteiger partial charge is 0.356 e. The predicted octanol–water partition coefficient (Wildman–Crippen LogP) is 2.53. The molecule has 0 aromatic heterocycles. The van der Waals surface area contributed by atoms with Crippen LogP contribution in [0.3, 0.4) is 0 Å². The fourth-order valence-corrected chi connectivity index (χ4v) is 4.85. The molecular formula is C18H25FN2O3S. The third kappa shape index (κ3) is 5.01. The molecule has 1 saturated heterocycles. The van der Waals surface area contributed by atoms with Crippen LogP contribution in [0.5, 0.6) is 0 Å². The molecule has 1 amide bonds. The van der Waals surface area contributed by atoms with Crippen molar-refractivity contribution < 1.29 is 17.6 Å². The molecule has 2 fully saturated rings. The SMILES string of the molecule is O=C(CCC1CCCN(S(=O)(=O)c2cccc(F)c2)C1)NCC1CC1. The number of sulfonamides is 1. The second kappa shape index (κ2) is 7.83. The number of nitrogens with one attached hydrogen (secondary N) is 1. The fraction of sp³-hybridized carbons (Fsp3) is 0.611. The second-order valence-corrected chi connectivity index (χ2v) is 9.05. The minimum Gasteiger partial charge on any atom is -0.356 e. The first-order chi connectivity index (χ1) is 11.9. The van der Waals surface area contributed by atoms with E-state index in [1.54, 1.807) is 0 Å². The Morgan fingerprint density at radius 3 is 2.76 bits per heavy atom. The van der Waals surface area contributed by atoms with Gasteiger partial charge in [-0.2, -0.15) is 4.31 Å². The van der Waals surface area contributed by atoms with Gasteiger partial charge >= 0.3 is 0 Å². The smallest absolute Gasteiger partial charge is 0.243 e. The number of carbonyl (C=O) groups is 1. The van der Waals surface area contributed by atoms with E-state index in [4.69, 9.17) is 0 Å². The number of hydrogen-bond donors (Lipinski definition) is 1. The Balaban J connectivity index is 1.54. The highest BCUT2D eigenvalue weighted by molar-refractivity contribution is 7.89. The van der Waals surface area contributed by atoms with Gasteiger partial charge in [0.2, 0.25) is 15.9 Å². The molecule has 1 N–H and O–H groups in total. The zero-order chi connectivity index (χ0) is 17.9. The third-order valence-electron chi connectivity index (χ3n) is 4.98. The molecule has 0 radical (unpaired) electrons. The highest BCUT2D eigenvalue weighted by Crippen LogP contribution is 2.28. The van der Waals surface area contributed by atoms with Crippen molar-refractivity contribution in [2.75, 3.05) is 19.6 Å². The van der Waals surface area contributed by atoms with Crippen LogP contribution in [0.2, 0.25) is 0 Å². The Morgan fingerprint density at radius 1 is 1.24 bits per heavy atom. The summed E-state index contributed by atoms with van der Waals surface area (Å²) in [6.07, 6.45) is 5.22. The van der Waals surface area contributed by atoms with Gasteiger partial charge in [-0.3, -0.25) is 4.79 Å². The number of amides is 1. The molecule has 1 heterocycles. The summed E-state index contributed by atoms with van der Waals surface area (Å²) in [5.41, 5.74) is 0. The van der Waals surface area contributed by atoms with E-state index >= 15 is 0 Å². The molecule has 0 bridgehead atoms. The minimum atomic E-state index is -3.68. The molecule has 2 aliphatic rings. The number of nitrogens with zero attached hydrogens (tertiary/aromatic N) is 1. The number of halogens is 1. The summed E-state index contributed by atoms with van der Waals surface area (Å²) < 4.78 is 40.2. The molecule has 1 aliphatic carbocycles. The van der Waals surface area contributed by atoms with Crippen molar-refractivity contribution in [1.82, 2.24) is 9.62 Å². The Kier molecular flexibility index (Phi) is 5.74. The lowest BCUT2D eigenvalue weighted by Gasteiger charge is -2.32. The molecule has 1 saturated carbocycles. The average molecular weight is 368 g/mol. The van der Waals surface area contributed by atoms with E-state index in [9.17, 15) is 17.6 Å². The molecule has 1 atom stereocenters. The maximum Gasteiger partial charge on any atom is 0.243 e. The van der Waals surface area contributed by atoms with E-state index in [-0.39, 0.29) is 16.7 Å². The lowest BCUT2D eigenvalue weighted by atomic mass is 9.94. The molecule has 3 rings (SSSR count). The quantitative estimate of drug-likeness (QED) is 0.804. The van der Waals surface area contributed by atoms with Crippen molar-refractivity contribution in [3.63, 3.8) is 0 Å². The minimum absolute atomic E-state index is 0.00433. The van der Waals surface area contributed by atoms with Crippen molar-refractivity contribution in [3.05, 3.63) is 30.1 Å². The molecule has 1 aromatic rings. The standard InChI is InChI=1S/C18H25FN2O3S/c19-16-4-1-5-17(11-16)25(23,24)21-10-2-3-15(13-21)8-9-18(22)20-12-14-6-7-14/h1,4-5,11,14-15H,2-3,6-10,12-13H2,(H,20,22). The van der Waals surface area contributed by atoms with Crippen molar-refractivity contribution in [2.24, 2.45) is 11.8 Å². The molecule has 5 nitrogen and oxygen atoms in total. The molecule has 25 heavy (non-hydrogen) atoms. The highest BCUT2D eigenvalue weighted by atomic mass is 32.2. The summed E-state index contributed by atoms with van der Waals surface area (Å²) in [5, 5.41) is 2.95. The van der Waals surface area contributed by atoms with E-state index < -0.39 is 15.8 Å². The van der Waals surface area contributed by atoms with E-state index in [1.165, 1.54) is 35.3 Å². The Bertz CT molecular complexity index is 719. The van der Waals surface area contributed by atoms with Crippen molar-refractivity contribution in [2.45, 2.75) is 43.4 Å². The van der Waals surface area contributed by atoms with E-state index in [1.807, 2.05) is 0 Å². The van der Waals surface area contributed by atoms with Gasteiger partial charge in [0.05, 0.1) is 4.90 Å². The Labute approximate surface area is 148 Å². The van der Waals surface area contributed by atoms with Crippen LogP contribution in [0.25, 0.3) is 0 Å². The van der Waals surface area contributed by atoms with Gasteiger partial charge in [-0.15, -0.1) is 0 Å². The predicted molar refractivity (Wildman–Crippen MR) is 92.9 cm³/mol. The second-order valence-electron chi connectivity index (χ2n) is 7.11. The molecule has 1 aliphatic heterocycles. The number of hydrogen-bond acceptors (Lipinski definition) is 3. The summed E-state index contributed by atoms with van der Waals surface area (Å²) in [6, 6.07) is 5.13. The first-order valence-corrected chi connectivity index (χ1v) is 10.4. The molecule has 138 valence electrons. The van der Waals surface area contributed by atoms with Gasteiger partial charge in [0.15, 0.2) is 0 Å². The van der Waals surface area contributed by atoms with Crippen LogP contribution < -0.4 is 5.32 Å². The molecule has 1 unspecified atom stereocenters. The van der Waals surface area contributed by atoms with Crippen LogP contribution in [0.1, 0.15) is 38.5 Å². The van der Waals surface area contributed by atoms with Gasteiger partial charge in [-0.1, -0.05) is 6.07 Å². The van der Waals surface area contributed by atoms with E-state index in [0.717, 1.165) is 25.5 Å². The monoisotopic (exact) mass is 368 g/mol. The maximum absolute atomic E-state index is 13.4. The van der Waals surface area contributed by atoms with Crippen molar-refractivity contribution in [1.29, 1.82) is 0 Å². The van der Waals surface area contributed by atoms with Gasteiger partial charge in [-0.05, 0) is 62.1 Å². The number of carbonyl (C=O) groups excluding carboxylic acids is 1. The topological polar surface area (TPSA) is 66.5 Å². The Morgan fingerprint density at radius 2 is 2.04 bits per heavy atom. The molecular weight excluding hydrogens is 343 g/mol. The maximum atomic E-state index is 13.4. The summed E-state index contributed by atoms with van der Waals surface area (Å²) in [7, 11) is -3.68. The Hall–Kier alpha value is -1.47. The number of rotatable bonds is 7. The van der Waals surface area contributed by atoms with E-state index in [0.29, 0.717) is 31.8 Å². The summed E-state index contributed by atoms with van der Waals surface area (Å²) in [4.78, 5) is 11.9. The normalized spacial score (nSPS) is 21.9. The highest BCUT2D eigenvalue weighted by Gasteiger charge is 2.30. The fourth-order valence-electron chi connectivity index (χ4n) is 3.26. The average Bonchev–Trinajstić information content (AvgIpc) is 3.43. The zero-order valence-corrected chi connectivity index (χ0v) is 15.1. The summed E-state index contributed by atoms with van der Waals surface area (Å²) in [5.74, 6) is 0.327. The van der Waals surface area contributed by atoms with Crippen molar-refractivity contribution >= 4 is 15.9 Å². The number of benzene rings is 1. The van der Waals surface area contributed by atoms with Gasteiger partial charge < -0.3 is 5.32 Å². The van der Waals surface area contributed by atoms with Crippen LogP contribution in [0, 0.1) is 17.7 Å². The van der Waals surface area contributed by atoms with E-state index in [2.05, 4.69) is 5.32 Å². The van der Waals surface area contributed by atoms with Gasteiger partial charge in [0.25, 0.3) is 0 Å². The zero-order valence-electron chi connectivity index (χ0n) is 14.3. The first kappa shape index (κ1) is 18.3. The molecule has 7 heteroatoms. The third-order valence-corrected chi connectivity index (χ3v) is 6.84. The summed E-state index contributed by atoms with van der Waals surface area (Å²) >= 11 is 0. The molecule has 1 aromatic carbocycles. The van der Waals surface area contributed by atoms with Gasteiger partial charge in [-0.25, -0.2) is 12.8 Å². The van der Waals surface area contributed by atoms with Crippen molar-refractivity contribution in [3.8, 4) is 0 Å². The lowest BCUT2D eigenvalue weighted by molar-refractivity contribution is -0.121. The van der Waals surface area contributed by atoms with Crippen LogP contribution in [-0.2, 0) is 14.8 Å². The van der Waals surface area contributed by atoms with Crippen LogP contribution in [0.4, 0.5) is 4.39 Å². The van der Waals surface area contributed by atoms with Gasteiger partial charge in [0, 0.05) is 26.1 Å². The summed E-state index contributed by atoms with van der Waals surface area (Å²) in [6.45, 7) is 1.61. The number of piperidine rings is 1.